The monoisotopic (exact) mass is 408 g/mol. The first-order chi connectivity index (χ1) is 14.5. The van der Waals surface area contributed by atoms with Crippen LogP contribution in [0.1, 0.15) is 47.8 Å². The van der Waals surface area contributed by atoms with E-state index in [4.69, 9.17) is 4.42 Å². The number of amides is 1. The highest BCUT2D eigenvalue weighted by molar-refractivity contribution is 5.91. The Balaban J connectivity index is 1.59. The molecule has 2 aromatic heterocycles. The maximum Gasteiger partial charge on any atom is 0.289 e. The van der Waals surface area contributed by atoms with Crippen LogP contribution in [-0.2, 0) is 5.54 Å². The van der Waals surface area contributed by atoms with E-state index in [1.54, 1.807) is 12.1 Å². The van der Waals surface area contributed by atoms with E-state index >= 15 is 0 Å². The van der Waals surface area contributed by atoms with E-state index < -0.39 is 0 Å². The van der Waals surface area contributed by atoms with Crippen molar-refractivity contribution in [2.24, 2.45) is 0 Å². The fourth-order valence-corrected chi connectivity index (χ4v) is 4.30. The summed E-state index contributed by atoms with van der Waals surface area (Å²) in [6.07, 6.45) is 2.38. The minimum atomic E-state index is -0.349. The molecule has 1 atom stereocenters. The molecule has 30 heavy (non-hydrogen) atoms. The molecule has 0 spiro atoms. The second-order valence-corrected chi connectivity index (χ2v) is 8.04. The Hall–Kier alpha value is -3.00. The van der Waals surface area contributed by atoms with E-state index in [0.29, 0.717) is 18.8 Å². The number of benzene rings is 1. The van der Waals surface area contributed by atoms with Gasteiger partial charge in [0, 0.05) is 26.2 Å². The quantitative estimate of drug-likeness (QED) is 0.646. The Labute approximate surface area is 176 Å². The number of carbonyl (C=O) groups is 1. The normalized spacial score (nSPS) is 17.1. The zero-order valence-corrected chi connectivity index (χ0v) is 18.0. The molecule has 1 fully saturated rings. The van der Waals surface area contributed by atoms with Crippen LogP contribution in [0, 0.1) is 13.8 Å². The molecule has 1 amide bonds. The van der Waals surface area contributed by atoms with Crippen molar-refractivity contribution in [2.45, 2.75) is 39.7 Å². The number of rotatable bonds is 5. The van der Waals surface area contributed by atoms with Gasteiger partial charge in [-0.3, -0.25) is 9.69 Å². The maximum absolute atomic E-state index is 12.6. The molecule has 1 aromatic carbocycles. The van der Waals surface area contributed by atoms with Crippen LogP contribution in [0.4, 0.5) is 0 Å². The number of aromatic nitrogens is 4. The summed E-state index contributed by atoms with van der Waals surface area (Å²) < 4.78 is 7.16. The molecule has 0 N–H and O–H groups in total. The predicted octanol–water partition coefficient (Wildman–Crippen LogP) is 2.96. The Kier molecular flexibility index (Phi) is 5.42. The Bertz CT molecular complexity index is 1000. The van der Waals surface area contributed by atoms with Crippen LogP contribution < -0.4 is 0 Å². The molecule has 0 aliphatic carbocycles. The molecule has 3 aromatic rings. The highest BCUT2D eigenvalue weighted by Crippen LogP contribution is 2.33. The average molecular weight is 409 g/mol. The summed E-state index contributed by atoms with van der Waals surface area (Å²) in [5, 5.41) is 12.8. The number of tetrazole rings is 1. The number of hydrogen-bond donors (Lipinski definition) is 0. The number of aryl methyl sites for hydroxylation is 2. The largest absolute Gasteiger partial charge is 0.459 e. The van der Waals surface area contributed by atoms with E-state index in [1.165, 1.54) is 6.26 Å². The van der Waals surface area contributed by atoms with Gasteiger partial charge in [0.15, 0.2) is 11.6 Å². The second kappa shape index (κ2) is 8.02. The van der Waals surface area contributed by atoms with Crippen molar-refractivity contribution in [2.75, 3.05) is 26.2 Å². The second-order valence-electron chi connectivity index (χ2n) is 8.04. The van der Waals surface area contributed by atoms with Crippen LogP contribution in [0.2, 0.25) is 0 Å². The Morgan fingerprint density at radius 3 is 2.40 bits per heavy atom. The highest BCUT2D eigenvalue weighted by Gasteiger charge is 2.40. The molecule has 3 heterocycles. The van der Waals surface area contributed by atoms with Crippen molar-refractivity contribution in [3.05, 3.63) is 59.3 Å². The number of carbonyl (C=O) groups excluding carboxylic acids is 1. The summed E-state index contributed by atoms with van der Waals surface area (Å²) in [6, 6.07) is 9.66. The third-order valence-electron chi connectivity index (χ3n) is 6.29. The van der Waals surface area contributed by atoms with Crippen molar-refractivity contribution in [3.8, 4) is 5.69 Å². The number of piperazine rings is 1. The van der Waals surface area contributed by atoms with Gasteiger partial charge in [0.2, 0.25) is 0 Å². The fraction of sp³-hybridized carbons (Fsp3) is 0.455. The van der Waals surface area contributed by atoms with Crippen LogP contribution in [-0.4, -0.2) is 62.1 Å². The van der Waals surface area contributed by atoms with Gasteiger partial charge in [-0.1, -0.05) is 25.1 Å². The number of furan rings is 1. The van der Waals surface area contributed by atoms with Crippen molar-refractivity contribution < 1.29 is 9.21 Å². The topological polar surface area (TPSA) is 80.3 Å². The Morgan fingerprint density at radius 1 is 1.10 bits per heavy atom. The molecule has 1 aliphatic rings. The van der Waals surface area contributed by atoms with E-state index in [2.05, 4.69) is 60.3 Å². The van der Waals surface area contributed by atoms with Gasteiger partial charge in [0.05, 0.1) is 17.5 Å². The molecule has 0 saturated carbocycles. The first kappa shape index (κ1) is 20.3. The summed E-state index contributed by atoms with van der Waals surface area (Å²) in [7, 11) is 0. The fourth-order valence-electron chi connectivity index (χ4n) is 4.30. The first-order valence-corrected chi connectivity index (χ1v) is 10.4. The molecule has 8 heteroatoms. The molecular formula is C22H28N6O2. The van der Waals surface area contributed by atoms with Gasteiger partial charge in [-0.05, 0) is 60.9 Å². The van der Waals surface area contributed by atoms with Gasteiger partial charge in [-0.15, -0.1) is 5.10 Å². The molecule has 1 unspecified atom stereocenters. The van der Waals surface area contributed by atoms with E-state index in [0.717, 1.165) is 42.1 Å². The van der Waals surface area contributed by atoms with Crippen molar-refractivity contribution in [1.82, 2.24) is 30.0 Å². The molecule has 1 saturated heterocycles. The van der Waals surface area contributed by atoms with Crippen LogP contribution in [0.3, 0.4) is 0 Å². The van der Waals surface area contributed by atoms with Crippen molar-refractivity contribution in [1.29, 1.82) is 0 Å². The summed E-state index contributed by atoms with van der Waals surface area (Å²) in [5.74, 6) is 1.16. The summed E-state index contributed by atoms with van der Waals surface area (Å²) in [4.78, 5) is 16.8. The minimum Gasteiger partial charge on any atom is -0.459 e. The lowest BCUT2D eigenvalue weighted by Crippen LogP contribution is -2.56. The minimum absolute atomic E-state index is 0.0572. The zero-order valence-electron chi connectivity index (χ0n) is 18.0. The van der Waals surface area contributed by atoms with Crippen LogP contribution in [0.15, 0.2) is 41.0 Å². The molecule has 0 bridgehead atoms. The molecule has 1 aliphatic heterocycles. The van der Waals surface area contributed by atoms with Gasteiger partial charge < -0.3 is 9.32 Å². The molecule has 0 radical (unpaired) electrons. The first-order valence-electron chi connectivity index (χ1n) is 10.4. The lowest BCUT2D eigenvalue weighted by atomic mass is 9.93. The zero-order chi connectivity index (χ0) is 21.3. The molecular weight excluding hydrogens is 380 g/mol. The lowest BCUT2D eigenvalue weighted by molar-refractivity contribution is 0.0251. The van der Waals surface area contributed by atoms with Gasteiger partial charge >= 0.3 is 0 Å². The summed E-state index contributed by atoms with van der Waals surface area (Å²) in [5.41, 5.74) is 2.95. The summed E-state index contributed by atoms with van der Waals surface area (Å²) >= 11 is 0. The standard InChI is InChI=1S/C22H28N6O2/c1-5-22(4,21-23-24-25-28(21)19-16(2)8-6-9-17(19)3)27-13-11-26(12-14-27)20(29)18-10-7-15-30-18/h6-10,15H,5,11-14H2,1-4H3. The van der Waals surface area contributed by atoms with E-state index in [-0.39, 0.29) is 11.4 Å². The number of para-hydroxylation sites is 1. The van der Waals surface area contributed by atoms with Gasteiger partial charge in [0.25, 0.3) is 5.91 Å². The third-order valence-corrected chi connectivity index (χ3v) is 6.29. The molecule has 8 nitrogen and oxygen atoms in total. The van der Waals surface area contributed by atoms with E-state index in [9.17, 15) is 4.79 Å². The van der Waals surface area contributed by atoms with Crippen LogP contribution >= 0.6 is 0 Å². The highest BCUT2D eigenvalue weighted by atomic mass is 16.3. The SMILES string of the molecule is CCC(C)(c1nnnn1-c1c(C)cccc1C)N1CCN(C(=O)c2ccco2)CC1. The average Bonchev–Trinajstić information content (AvgIpc) is 3.45. The van der Waals surface area contributed by atoms with E-state index in [1.807, 2.05) is 15.6 Å². The Morgan fingerprint density at radius 2 is 1.80 bits per heavy atom. The number of hydrogen-bond acceptors (Lipinski definition) is 6. The molecule has 158 valence electrons. The molecule has 4 rings (SSSR count). The maximum atomic E-state index is 12.6. The number of nitrogens with zero attached hydrogens (tertiary/aromatic N) is 6. The van der Waals surface area contributed by atoms with Crippen LogP contribution in [0.25, 0.3) is 5.69 Å². The summed E-state index contributed by atoms with van der Waals surface area (Å²) in [6.45, 7) is 11.3. The third kappa shape index (κ3) is 3.41. The van der Waals surface area contributed by atoms with Crippen LogP contribution in [0.5, 0.6) is 0 Å². The lowest BCUT2D eigenvalue weighted by Gasteiger charge is -2.44. The van der Waals surface area contributed by atoms with Crippen molar-refractivity contribution >= 4 is 5.91 Å². The van der Waals surface area contributed by atoms with Gasteiger partial charge in [-0.25, -0.2) is 0 Å². The van der Waals surface area contributed by atoms with Gasteiger partial charge in [0.1, 0.15) is 0 Å². The predicted molar refractivity (Wildman–Crippen MR) is 112 cm³/mol. The smallest absolute Gasteiger partial charge is 0.289 e. The van der Waals surface area contributed by atoms with Gasteiger partial charge in [-0.2, -0.15) is 4.68 Å². The van der Waals surface area contributed by atoms with Crippen molar-refractivity contribution in [3.63, 3.8) is 0 Å².